The predicted octanol–water partition coefficient (Wildman–Crippen LogP) is 1.17. The van der Waals surface area contributed by atoms with E-state index in [4.69, 9.17) is 6.48 Å². The Bertz CT molecular complexity index is 46.0. The minimum Gasteiger partial charge on any atom is -0.393 e. The zero-order valence-electron chi connectivity index (χ0n) is 5.36. The van der Waals surface area contributed by atoms with Gasteiger partial charge in [-0.15, -0.1) is 0 Å². The summed E-state index contributed by atoms with van der Waals surface area (Å²) in [4.78, 5) is 0. The van der Waals surface area contributed by atoms with Gasteiger partial charge in [-0.25, -0.2) is 0 Å². The highest BCUT2D eigenvalue weighted by atomic mass is 16.3. The Morgan fingerprint density at radius 2 is 2.00 bits per heavy atom. The molecule has 0 aromatic heterocycles. The van der Waals surface area contributed by atoms with Crippen molar-refractivity contribution in [3.8, 4) is 0 Å². The number of aliphatic hydroxyl groups is 1. The van der Waals surface area contributed by atoms with Crippen LogP contribution < -0.4 is 0 Å². The molecule has 6 heavy (non-hydrogen) atoms. The Morgan fingerprint density at radius 1 is 1.67 bits per heavy atom. The van der Waals surface area contributed by atoms with Gasteiger partial charge in [-0.3, -0.25) is 0 Å². The molecule has 38 valence electrons. The average molecular weight is 90.2 g/mol. The number of rotatable bonds is 2. The molecule has 1 nitrogen and oxygen atoms in total. The summed E-state index contributed by atoms with van der Waals surface area (Å²) in [5, 5.41) is 8.80. The van der Waals surface area contributed by atoms with E-state index in [1.807, 2.05) is 0 Å². The standard InChI is InChI=1S/C5H12O/c1-3-5(6)4-2/h5-6H,3-4H2,1-2H3/i5T. The van der Waals surface area contributed by atoms with Gasteiger partial charge < -0.3 is 5.11 Å². The molecule has 0 spiro atoms. The zero-order chi connectivity index (χ0) is 5.91. The molecule has 0 aromatic carbocycles. The van der Waals surface area contributed by atoms with E-state index in [-0.39, 0.29) is 0 Å². The lowest BCUT2D eigenvalue weighted by molar-refractivity contribution is 0.166. The van der Waals surface area contributed by atoms with Crippen LogP contribution in [-0.4, -0.2) is 11.2 Å². The maximum absolute atomic E-state index is 8.80. The molecule has 0 aromatic rings. The minimum absolute atomic E-state index is 0.517. The van der Waals surface area contributed by atoms with Crippen molar-refractivity contribution in [1.82, 2.24) is 0 Å². The summed E-state index contributed by atoms with van der Waals surface area (Å²) in [7, 11) is 0. The van der Waals surface area contributed by atoms with Gasteiger partial charge >= 0.3 is 0 Å². The molecular weight excluding hydrogens is 76.1 g/mol. The Balaban J connectivity index is 3.36. The maximum atomic E-state index is 8.80. The molecule has 0 radical (unpaired) electrons. The van der Waals surface area contributed by atoms with Crippen LogP contribution >= 0.6 is 0 Å². The highest BCUT2D eigenvalue weighted by Crippen LogP contribution is 1.91. The van der Waals surface area contributed by atoms with E-state index in [0.29, 0.717) is 12.8 Å². The maximum Gasteiger partial charge on any atom is 0.0600 e. The number of hydrogen-bond acceptors (Lipinski definition) is 1. The lowest BCUT2D eigenvalue weighted by Gasteiger charge is -1.98. The third kappa shape index (κ3) is 2.21. The largest absolute Gasteiger partial charge is 0.393 e. The van der Waals surface area contributed by atoms with Crippen molar-refractivity contribution >= 4 is 0 Å². The molecule has 0 heterocycles. The predicted molar refractivity (Wildman–Crippen MR) is 26.6 cm³/mol. The summed E-state index contributed by atoms with van der Waals surface area (Å²) in [6, 6.07) is 0. The van der Waals surface area contributed by atoms with Crippen molar-refractivity contribution in [3.63, 3.8) is 0 Å². The Kier molecular flexibility index (Phi) is 2.18. The lowest BCUT2D eigenvalue weighted by Crippen LogP contribution is -1.99. The fourth-order valence-corrected chi connectivity index (χ4v) is 0.250. The third-order valence-electron chi connectivity index (χ3n) is 0.816. The van der Waals surface area contributed by atoms with Gasteiger partial charge in [0.2, 0.25) is 0 Å². The van der Waals surface area contributed by atoms with Crippen LogP contribution in [-0.2, 0) is 0 Å². The number of hydrogen-bond donors (Lipinski definition) is 1. The first-order valence-corrected chi connectivity index (χ1v) is 2.34. The van der Waals surface area contributed by atoms with E-state index in [1.165, 1.54) is 0 Å². The van der Waals surface area contributed by atoms with Crippen LogP contribution in [0.15, 0.2) is 0 Å². The fraction of sp³-hybridized carbons (Fsp3) is 1.00. The van der Waals surface area contributed by atoms with Crippen LogP contribution in [0.25, 0.3) is 0 Å². The summed E-state index contributed by atoms with van der Waals surface area (Å²) in [6.07, 6.45) is -0.132. The highest BCUT2D eigenvalue weighted by molar-refractivity contribution is 4.43. The minimum atomic E-state index is -1.17. The first kappa shape index (κ1) is 4.13. The molecular formula is C5H12O. The molecule has 0 saturated carbocycles. The van der Waals surface area contributed by atoms with Crippen molar-refractivity contribution < 1.29 is 6.48 Å². The van der Waals surface area contributed by atoms with Crippen molar-refractivity contribution in [3.05, 3.63) is 0 Å². The van der Waals surface area contributed by atoms with Gasteiger partial charge in [0.1, 0.15) is 0 Å². The van der Waals surface area contributed by atoms with Crippen molar-refractivity contribution in [1.29, 1.82) is 0 Å². The smallest absolute Gasteiger partial charge is 0.0600 e. The molecule has 0 aliphatic carbocycles. The first-order chi connectivity index (χ1) is 3.12. The second-order valence-corrected chi connectivity index (χ2v) is 1.27. The van der Waals surface area contributed by atoms with Gasteiger partial charge in [0.25, 0.3) is 0 Å². The van der Waals surface area contributed by atoms with Crippen LogP contribution in [0.3, 0.4) is 0 Å². The van der Waals surface area contributed by atoms with E-state index >= 15 is 0 Å². The van der Waals surface area contributed by atoms with Crippen molar-refractivity contribution in [2.45, 2.75) is 32.8 Å². The monoisotopic (exact) mass is 90.1 g/mol. The molecule has 0 fully saturated rings. The zero-order valence-corrected chi connectivity index (χ0v) is 4.36. The summed E-state index contributed by atoms with van der Waals surface area (Å²) in [5.74, 6) is 0. The van der Waals surface area contributed by atoms with Crippen LogP contribution in [0.5, 0.6) is 0 Å². The first-order valence-electron chi connectivity index (χ1n) is 2.84. The molecule has 0 unspecified atom stereocenters. The molecule has 0 aliphatic rings. The molecule has 0 aliphatic heterocycles. The molecule has 1 heteroatoms. The Morgan fingerprint density at radius 3 is 2.00 bits per heavy atom. The van der Waals surface area contributed by atoms with Gasteiger partial charge in [-0.05, 0) is 12.8 Å². The van der Waals surface area contributed by atoms with E-state index in [9.17, 15) is 0 Å². The highest BCUT2D eigenvalue weighted by Gasteiger charge is 1.90. The lowest BCUT2D eigenvalue weighted by atomic mass is 10.2. The summed E-state index contributed by atoms with van der Waals surface area (Å²) >= 11 is 0. The van der Waals surface area contributed by atoms with E-state index < -0.39 is 6.08 Å². The van der Waals surface area contributed by atoms with Crippen LogP contribution in [0.4, 0.5) is 0 Å². The van der Waals surface area contributed by atoms with E-state index in [1.54, 1.807) is 13.8 Å². The van der Waals surface area contributed by atoms with Crippen LogP contribution in [0.1, 0.15) is 28.1 Å². The molecule has 0 bridgehead atoms. The van der Waals surface area contributed by atoms with Gasteiger partial charge in [0.05, 0.1) is 7.45 Å². The van der Waals surface area contributed by atoms with Gasteiger partial charge in [0.15, 0.2) is 0 Å². The average Bonchev–Trinajstić information content (AvgIpc) is 1.68. The Hall–Kier alpha value is -0.0400. The summed E-state index contributed by atoms with van der Waals surface area (Å²) in [6.45, 7) is 3.60. The van der Waals surface area contributed by atoms with Crippen molar-refractivity contribution in [2.24, 2.45) is 0 Å². The third-order valence-corrected chi connectivity index (χ3v) is 0.816. The SMILES string of the molecule is [3H]C(O)(CC)CC. The summed E-state index contributed by atoms with van der Waals surface area (Å²) in [5.41, 5.74) is 0. The Labute approximate surface area is 40.4 Å². The van der Waals surface area contributed by atoms with Gasteiger partial charge in [0, 0.05) is 0 Å². The molecule has 0 atom stereocenters. The van der Waals surface area contributed by atoms with Crippen LogP contribution in [0.2, 0.25) is 0 Å². The quantitative estimate of drug-likeness (QED) is 0.539. The second kappa shape index (κ2) is 3.16. The fourth-order valence-electron chi connectivity index (χ4n) is 0.250. The molecule has 0 amide bonds. The molecule has 1 N–H and O–H groups in total. The topological polar surface area (TPSA) is 20.2 Å². The van der Waals surface area contributed by atoms with E-state index in [0.717, 1.165) is 0 Å². The normalized spacial score (nSPS) is 14.2. The van der Waals surface area contributed by atoms with Gasteiger partial charge in [-0.1, -0.05) is 13.8 Å². The molecule has 0 rings (SSSR count). The summed E-state index contributed by atoms with van der Waals surface area (Å²) < 4.78 is 6.98. The molecule has 0 saturated heterocycles. The second-order valence-electron chi connectivity index (χ2n) is 1.27. The van der Waals surface area contributed by atoms with E-state index in [2.05, 4.69) is 0 Å². The van der Waals surface area contributed by atoms with Crippen LogP contribution in [0, 0.1) is 0 Å². The van der Waals surface area contributed by atoms with Gasteiger partial charge in [-0.2, -0.15) is 0 Å². The van der Waals surface area contributed by atoms with Crippen molar-refractivity contribution in [2.75, 3.05) is 0 Å².